The Hall–Kier alpha value is -2.93. The van der Waals surface area contributed by atoms with E-state index in [-0.39, 0.29) is 28.5 Å². The molecule has 0 aromatic heterocycles. The lowest BCUT2D eigenvalue weighted by atomic mass is 9.86. The van der Waals surface area contributed by atoms with E-state index in [1.165, 1.54) is 17.2 Å². The molecule has 0 bridgehead atoms. The van der Waals surface area contributed by atoms with Crippen LogP contribution >= 0.6 is 0 Å². The average molecular weight is 826 g/mol. The molecule has 2 atom stereocenters. The van der Waals surface area contributed by atoms with Crippen LogP contribution in [0.4, 0.5) is 5.69 Å². The van der Waals surface area contributed by atoms with Crippen molar-refractivity contribution in [3.05, 3.63) is 89.0 Å². The Morgan fingerprint density at radius 1 is 0.789 bits per heavy atom. The van der Waals surface area contributed by atoms with Gasteiger partial charge in [0.05, 0.1) is 18.0 Å². The van der Waals surface area contributed by atoms with E-state index in [2.05, 4.69) is 119 Å². The van der Waals surface area contributed by atoms with Crippen LogP contribution in [0.25, 0.3) is 0 Å². The summed E-state index contributed by atoms with van der Waals surface area (Å²) in [6.45, 7) is 24.0. The van der Waals surface area contributed by atoms with Gasteiger partial charge in [0.2, 0.25) is 10.0 Å². The maximum atomic E-state index is 11.9. The number of sulfonamides is 1. The SMILES string of the molecule is CC(C)N(CC[C@H](c1ccccc1)c1cc(CCCCOCCCCCCNC[C@H](O[Si](C)(C)C(C)(C)C)c2ccc(O)c(NS(C)(=O)=O)c2)ccc1O)C(C)C. The first-order valence-electron chi connectivity index (χ1n) is 21.2. The van der Waals surface area contributed by atoms with E-state index in [1.807, 2.05) is 12.1 Å². The second kappa shape index (κ2) is 23.0. The molecule has 0 aliphatic heterocycles. The van der Waals surface area contributed by atoms with E-state index in [0.717, 1.165) is 95.1 Å². The van der Waals surface area contributed by atoms with Crippen molar-refractivity contribution in [3.8, 4) is 11.5 Å². The topological polar surface area (TPSA) is 120 Å². The van der Waals surface area contributed by atoms with E-state index < -0.39 is 18.3 Å². The quantitative estimate of drug-likeness (QED) is 0.0359. The van der Waals surface area contributed by atoms with Crippen LogP contribution in [0.5, 0.6) is 11.5 Å². The Morgan fingerprint density at radius 3 is 2.05 bits per heavy atom. The molecule has 0 spiro atoms. The minimum absolute atomic E-state index is 0.00484. The van der Waals surface area contributed by atoms with Crippen LogP contribution < -0.4 is 10.0 Å². The zero-order valence-electron chi connectivity index (χ0n) is 36.7. The summed E-state index contributed by atoms with van der Waals surface area (Å²) in [5, 5.41) is 24.9. The number of aryl methyl sites for hydroxylation is 1. The molecule has 0 saturated carbocycles. The molecule has 57 heavy (non-hydrogen) atoms. The van der Waals surface area contributed by atoms with E-state index in [4.69, 9.17) is 9.16 Å². The number of benzene rings is 3. The molecule has 9 nitrogen and oxygen atoms in total. The van der Waals surface area contributed by atoms with Gasteiger partial charge in [0.1, 0.15) is 11.5 Å². The van der Waals surface area contributed by atoms with Gasteiger partial charge in [-0.3, -0.25) is 9.62 Å². The highest BCUT2D eigenvalue weighted by atomic mass is 32.2. The lowest BCUT2D eigenvalue weighted by molar-refractivity contribution is 0.126. The first-order valence-corrected chi connectivity index (χ1v) is 26.0. The fourth-order valence-corrected chi connectivity index (χ4v) is 8.94. The van der Waals surface area contributed by atoms with Gasteiger partial charge in [0.25, 0.3) is 0 Å². The third-order valence-corrected chi connectivity index (χ3v) is 16.4. The third-order valence-electron chi connectivity index (χ3n) is 11.3. The normalized spacial score (nSPS) is 13.8. The van der Waals surface area contributed by atoms with Gasteiger partial charge < -0.3 is 24.7 Å². The molecule has 0 aliphatic carbocycles. The Balaban J connectivity index is 1.40. The van der Waals surface area contributed by atoms with Crippen LogP contribution in [0.1, 0.15) is 128 Å². The maximum Gasteiger partial charge on any atom is 0.229 e. The maximum absolute atomic E-state index is 11.9. The fourth-order valence-electron chi connectivity index (χ4n) is 7.09. The first kappa shape index (κ1) is 48.4. The molecule has 0 saturated heterocycles. The Kier molecular flexibility index (Phi) is 19.6. The molecular weight excluding hydrogens is 751 g/mol. The fraction of sp³-hybridized carbons (Fsp3) is 0.609. The number of aromatic hydroxyl groups is 2. The molecular formula is C46H75N3O6SSi. The van der Waals surface area contributed by atoms with Gasteiger partial charge >= 0.3 is 0 Å². The Bertz CT molecular complexity index is 1720. The highest BCUT2D eigenvalue weighted by Gasteiger charge is 2.39. The summed E-state index contributed by atoms with van der Waals surface area (Å²) in [4.78, 5) is 2.53. The smallest absolute Gasteiger partial charge is 0.229 e. The van der Waals surface area contributed by atoms with Gasteiger partial charge in [-0.25, -0.2) is 8.42 Å². The van der Waals surface area contributed by atoms with Crippen LogP contribution in [-0.4, -0.2) is 83.0 Å². The second-order valence-electron chi connectivity index (χ2n) is 17.8. The van der Waals surface area contributed by atoms with Crippen LogP contribution in [0.2, 0.25) is 18.1 Å². The minimum Gasteiger partial charge on any atom is -0.508 e. The number of phenols is 2. The van der Waals surface area contributed by atoms with Crippen molar-refractivity contribution in [2.45, 2.75) is 142 Å². The average Bonchev–Trinajstić information content (AvgIpc) is 3.12. The van der Waals surface area contributed by atoms with Crippen molar-refractivity contribution in [1.82, 2.24) is 10.2 Å². The molecule has 0 fully saturated rings. The molecule has 320 valence electrons. The number of anilines is 1. The van der Waals surface area contributed by atoms with Gasteiger partial charge in [0, 0.05) is 43.3 Å². The van der Waals surface area contributed by atoms with Gasteiger partial charge in [-0.2, -0.15) is 0 Å². The number of phenolic OH excluding ortho intramolecular Hbond substituents is 2. The Morgan fingerprint density at radius 2 is 1.42 bits per heavy atom. The predicted octanol–water partition coefficient (Wildman–Crippen LogP) is 10.4. The van der Waals surface area contributed by atoms with Crippen molar-refractivity contribution in [2.75, 3.05) is 43.8 Å². The van der Waals surface area contributed by atoms with Gasteiger partial charge in [-0.1, -0.05) is 82.1 Å². The highest BCUT2D eigenvalue weighted by Crippen LogP contribution is 2.41. The van der Waals surface area contributed by atoms with Crippen molar-refractivity contribution in [3.63, 3.8) is 0 Å². The van der Waals surface area contributed by atoms with Crippen LogP contribution in [-0.2, 0) is 25.6 Å². The summed E-state index contributed by atoms with van der Waals surface area (Å²) < 4.78 is 39.0. The number of hydrogen-bond acceptors (Lipinski definition) is 8. The number of hydrogen-bond donors (Lipinski definition) is 4. The van der Waals surface area contributed by atoms with Crippen LogP contribution in [0.3, 0.4) is 0 Å². The lowest BCUT2D eigenvalue weighted by Gasteiger charge is -2.39. The van der Waals surface area contributed by atoms with Gasteiger partial charge in [-0.05, 0) is 132 Å². The lowest BCUT2D eigenvalue weighted by Crippen LogP contribution is -2.43. The molecule has 4 N–H and O–H groups in total. The molecule has 3 aromatic rings. The first-order chi connectivity index (χ1) is 26.8. The zero-order chi connectivity index (χ0) is 42.2. The predicted molar refractivity (Wildman–Crippen MR) is 241 cm³/mol. The standard InChI is InChI=1S/C46H75N3O6SSi/c1-35(2)49(36(3)4)29-27-40(38-21-14-13-15-22-38)41-32-37(23-25-43(41)50)20-16-19-31-54-30-18-12-11-17-28-47-34-45(55-57(9,10)46(5,6)7)39-24-26-44(51)42(33-39)48-56(8,52)53/h13-15,21-26,32-33,35-36,40,45,47-48,50-51H,11-12,16-20,27-31,34H2,1-10H3/t40-,45+/m1/s1. The second-order valence-corrected chi connectivity index (χ2v) is 24.3. The summed E-state index contributed by atoms with van der Waals surface area (Å²) in [6, 6.07) is 22.7. The molecule has 3 rings (SSSR count). The van der Waals surface area contributed by atoms with E-state index in [0.29, 0.717) is 24.4 Å². The minimum atomic E-state index is -3.55. The molecule has 0 aliphatic rings. The van der Waals surface area contributed by atoms with E-state index in [9.17, 15) is 18.6 Å². The number of nitrogens with one attached hydrogen (secondary N) is 2. The van der Waals surface area contributed by atoms with Crippen molar-refractivity contribution >= 4 is 24.0 Å². The number of nitrogens with zero attached hydrogens (tertiary/aromatic N) is 1. The number of unbranched alkanes of at least 4 members (excludes halogenated alkanes) is 4. The Labute approximate surface area is 347 Å². The highest BCUT2D eigenvalue weighted by molar-refractivity contribution is 7.92. The summed E-state index contributed by atoms with van der Waals surface area (Å²) >= 11 is 0. The molecule has 3 aromatic carbocycles. The molecule has 0 radical (unpaired) electrons. The zero-order valence-corrected chi connectivity index (χ0v) is 38.6. The molecule has 11 heteroatoms. The molecule has 0 amide bonds. The van der Waals surface area contributed by atoms with Crippen molar-refractivity contribution in [1.29, 1.82) is 0 Å². The monoisotopic (exact) mass is 826 g/mol. The van der Waals surface area contributed by atoms with Crippen LogP contribution in [0.15, 0.2) is 66.7 Å². The molecule has 0 unspecified atom stereocenters. The van der Waals surface area contributed by atoms with Gasteiger partial charge in [0.15, 0.2) is 8.32 Å². The van der Waals surface area contributed by atoms with Crippen LogP contribution in [0, 0.1) is 0 Å². The summed E-state index contributed by atoms with van der Waals surface area (Å²) in [5.74, 6) is 0.394. The van der Waals surface area contributed by atoms with Gasteiger partial charge in [-0.15, -0.1) is 0 Å². The summed E-state index contributed by atoms with van der Waals surface area (Å²) in [6.07, 6.45) is 9.03. The third kappa shape index (κ3) is 16.7. The number of ether oxygens (including phenoxy) is 1. The summed E-state index contributed by atoms with van der Waals surface area (Å²) in [7, 11) is -5.69. The summed E-state index contributed by atoms with van der Waals surface area (Å²) in [5.41, 5.74) is 4.51. The van der Waals surface area contributed by atoms with E-state index >= 15 is 0 Å². The van der Waals surface area contributed by atoms with Crippen molar-refractivity contribution in [2.24, 2.45) is 0 Å². The number of rotatable bonds is 26. The largest absolute Gasteiger partial charge is 0.508 e. The molecule has 0 heterocycles. The van der Waals surface area contributed by atoms with E-state index in [1.54, 1.807) is 6.07 Å². The van der Waals surface area contributed by atoms with Crippen molar-refractivity contribution < 1.29 is 27.8 Å².